The molecule has 3 rings (SSSR count). The van der Waals surface area contributed by atoms with Crippen LogP contribution in [0.5, 0.6) is 5.75 Å². The smallest absolute Gasteiger partial charge is 0.407 e. The molecule has 1 fully saturated rings. The van der Waals surface area contributed by atoms with E-state index in [-0.39, 0.29) is 24.6 Å². The molecule has 1 amide bonds. The maximum absolute atomic E-state index is 12.1. The van der Waals surface area contributed by atoms with Crippen molar-refractivity contribution in [3.63, 3.8) is 0 Å². The highest BCUT2D eigenvalue weighted by Gasteiger charge is 2.29. The second kappa shape index (κ2) is 12.4. The zero-order valence-corrected chi connectivity index (χ0v) is 20.6. The SMILES string of the molecule is CCOC(=O)[C@H]1CCC[C@H](Oc2ccc(-c3nnn(C)c3COC(=O)NCCC(C)C)cc2)C1. The third kappa shape index (κ3) is 7.20. The van der Waals surface area contributed by atoms with Gasteiger partial charge in [0, 0.05) is 19.2 Å². The molecule has 0 spiro atoms. The first-order valence-corrected chi connectivity index (χ1v) is 12.1. The molecule has 186 valence electrons. The molecule has 0 unspecified atom stereocenters. The van der Waals surface area contributed by atoms with Crippen molar-refractivity contribution in [3.05, 3.63) is 30.0 Å². The number of carbonyl (C=O) groups is 2. The summed E-state index contributed by atoms with van der Waals surface area (Å²) >= 11 is 0. The van der Waals surface area contributed by atoms with Crippen LogP contribution in [0.4, 0.5) is 4.79 Å². The van der Waals surface area contributed by atoms with Crippen LogP contribution >= 0.6 is 0 Å². The lowest BCUT2D eigenvalue weighted by Crippen LogP contribution is -2.30. The van der Waals surface area contributed by atoms with Gasteiger partial charge in [-0.2, -0.15) is 0 Å². The van der Waals surface area contributed by atoms with Crippen molar-refractivity contribution in [3.8, 4) is 17.0 Å². The number of aromatic nitrogens is 3. The summed E-state index contributed by atoms with van der Waals surface area (Å²) in [4.78, 5) is 24.1. The van der Waals surface area contributed by atoms with Gasteiger partial charge in [-0.05, 0) is 69.2 Å². The number of benzene rings is 1. The highest BCUT2D eigenvalue weighted by molar-refractivity contribution is 5.72. The van der Waals surface area contributed by atoms with Crippen LogP contribution < -0.4 is 10.1 Å². The molecule has 1 aliphatic rings. The van der Waals surface area contributed by atoms with Crippen molar-refractivity contribution in [2.75, 3.05) is 13.2 Å². The van der Waals surface area contributed by atoms with Gasteiger partial charge in [0.15, 0.2) is 0 Å². The standard InChI is InChI=1S/C25H36N4O5/c1-5-32-24(30)19-7-6-8-21(15-19)34-20-11-9-18(10-12-20)23-22(29(4)28-27-23)16-33-25(31)26-14-13-17(2)3/h9-12,17,19,21H,5-8,13-16H2,1-4H3,(H,26,31)/t19-,21-/m0/s1. The molecule has 1 aromatic carbocycles. The number of nitrogens with zero attached hydrogens (tertiary/aromatic N) is 3. The van der Waals surface area contributed by atoms with E-state index in [2.05, 4.69) is 29.5 Å². The molecule has 0 aliphatic heterocycles. The molecule has 2 atom stereocenters. The molecule has 1 aliphatic carbocycles. The van der Waals surface area contributed by atoms with Gasteiger partial charge in [-0.3, -0.25) is 4.79 Å². The van der Waals surface area contributed by atoms with Gasteiger partial charge in [-0.25, -0.2) is 9.48 Å². The van der Waals surface area contributed by atoms with Crippen LogP contribution in [0.3, 0.4) is 0 Å². The highest BCUT2D eigenvalue weighted by Crippen LogP contribution is 2.30. The molecule has 1 heterocycles. The summed E-state index contributed by atoms with van der Waals surface area (Å²) in [5.41, 5.74) is 2.22. The predicted molar refractivity (Wildman–Crippen MR) is 127 cm³/mol. The fourth-order valence-electron chi connectivity index (χ4n) is 4.02. The summed E-state index contributed by atoms with van der Waals surface area (Å²) in [6.07, 6.45) is 3.82. The predicted octanol–water partition coefficient (Wildman–Crippen LogP) is 4.26. The van der Waals surface area contributed by atoms with E-state index >= 15 is 0 Å². The second-order valence-corrected chi connectivity index (χ2v) is 9.07. The van der Waals surface area contributed by atoms with Crippen molar-refractivity contribution in [2.45, 2.75) is 65.6 Å². The van der Waals surface area contributed by atoms with Crippen LogP contribution in [0.25, 0.3) is 11.3 Å². The molecule has 9 heteroatoms. The normalized spacial score (nSPS) is 17.9. The number of nitrogens with one attached hydrogen (secondary N) is 1. The minimum atomic E-state index is -0.454. The van der Waals surface area contributed by atoms with E-state index in [1.807, 2.05) is 31.2 Å². The number of carbonyl (C=O) groups excluding carboxylic acids is 2. The van der Waals surface area contributed by atoms with Crippen molar-refractivity contribution in [1.29, 1.82) is 0 Å². The molecular formula is C25H36N4O5. The molecule has 9 nitrogen and oxygen atoms in total. The number of alkyl carbamates (subject to hydrolysis) is 1. The highest BCUT2D eigenvalue weighted by atomic mass is 16.5. The minimum absolute atomic E-state index is 0.0105. The van der Waals surface area contributed by atoms with E-state index in [4.69, 9.17) is 14.2 Å². The summed E-state index contributed by atoms with van der Waals surface area (Å²) in [5.74, 6) is 1.03. The van der Waals surface area contributed by atoms with Gasteiger partial charge in [-0.1, -0.05) is 19.1 Å². The molecule has 1 aromatic heterocycles. The van der Waals surface area contributed by atoms with E-state index in [9.17, 15) is 9.59 Å². The van der Waals surface area contributed by atoms with Crippen LogP contribution in [0.2, 0.25) is 0 Å². The van der Waals surface area contributed by atoms with Crippen LogP contribution in [0, 0.1) is 11.8 Å². The molecule has 0 bridgehead atoms. The molecule has 0 saturated heterocycles. The van der Waals surface area contributed by atoms with E-state index in [0.717, 1.165) is 37.0 Å². The third-order valence-corrected chi connectivity index (χ3v) is 5.95. The number of ether oxygens (including phenoxy) is 3. The van der Waals surface area contributed by atoms with Crippen molar-refractivity contribution >= 4 is 12.1 Å². The number of rotatable bonds is 10. The average Bonchev–Trinajstić information content (AvgIpc) is 3.18. The fraction of sp³-hybridized carbons (Fsp3) is 0.600. The quantitative estimate of drug-likeness (QED) is 0.515. The van der Waals surface area contributed by atoms with Crippen LogP contribution in [-0.2, 0) is 27.9 Å². The first-order valence-electron chi connectivity index (χ1n) is 12.1. The Morgan fingerprint density at radius 1 is 1.18 bits per heavy atom. The van der Waals surface area contributed by atoms with E-state index in [1.165, 1.54) is 0 Å². The zero-order chi connectivity index (χ0) is 24.5. The van der Waals surface area contributed by atoms with E-state index in [1.54, 1.807) is 11.7 Å². The molecule has 1 N–H and O–H groups in total. The molecule has 0 radical (unpaired) electrons. The van der Waals surface area contributed by atoms with Crippen molar-refractivity contribution in [2.24, 2.45) is 18.9 Å². The van der Waals surface area contributed by atoms with E-state index < -0.39 is 6.09 Å². The minimum Gasteiger partial charge on any atom is -0.490 e. The molecule has 34 heavy (non-hydrogen) atoms. The number of amides is 1. The van der Waals surface area contributed by atoms with Gasteiger partial charge in [0.2, 0.25) is 0 Å². The first-order chi connectivity index (χ1) is 16.4. The maximum Gasteiger partial charge on any atom is 0.407 e. The van der Waals surface area contributed by atoms with Gasteiger partial charge < -0.3 is 19.5 Å². The first kappa shape index (κ1) is 25.5. The summed E-state index contributed by atoms with van der Waals surface area (Å²) in [5, 5.41) is 11.1. The number of hydrogen-bond donors (Lipinski definition) is 1. The molecule has 1 saturated carbocycles. The third-order valence-electron chi connectivity index (χ3n) is 5.95. The van der Waals surface area contributed by atoms with E-state index in [0.29, 0.717) is 36.9 Å². The average molecular weight is 473 g/mol. The number of esters is 1. The van der Waals surface area contributed by atoms with Crippen molar-refractivity contribution in [1.82, 2.24) is 20.3 Å². The Labute approximate surface area is 201 Å². The Morgan fingerprint density at radius 3 is 2.65 bits per heavy atom. The summed E-state index contributed by atoms with van der Waals surface area (Å²) in [6, 6.07) is 7.61. The van der Waals surface area contributed by atoms with Crippen LogP contribution in [-0.4, -0.2) is 46.3 Å². The number of aryl methyl sites for hydroxylation is 1. The van der Waals surface area contributed by atoms with Gasteiger partial charge in [0.1, 0.15) is 23.7 Å². The second-order valence-electron chi connectivity index (χ2n) is 9.07. The monoisotopic (exact) mass is 472 g/mol. The Morgan fingerprint density at radius 2 is 1.94 bits per heavy atom. The Hall–Kier alpha value is -3.10. The summed E-state index contributed by atoms with van der Waals surface area (Å²) in [6.45, 7) is 7.09. The van der Waals surface area contributed by atoms with Crippen LogP contribution in [0.15, 0.2) is 24.3 Å². The summed E-state index contributed by atoms with van der Waals surface area (Å²) in [7, 11) is 1.77. The van der Waals surface area contributed by atoms with Crippen molar-refractivity contribution < 1.29 is 23.8 Å². The van der Waals surface area contributed by atoms with Crippen LogP contribution in [0.1, 0.15) is 58.6 Å². The Balaban J connectivity index is 1.57. The van der Waals surface area contributed by atoms with Gasteiger partial charge in [0.25, 0.3) is 0 Å². The number of hydrogen-bond acceptors (Lipinski definition) is 7. The summed E-state index contributed by atoms with van der Waals surface area (Å²) < 4.78 is 18.3. The lowest BCUT2D eigenvalue weighted by atomic mass is 9.87. The van der Waals surface area contributed by atoms with Gasteiger partial charge in [0.05, 0.1) is 18.6 Å². The zero-order valence-electron chi connectivity index (χ0n) is 20.6. The Kier molecular flexibility index (Phi) is 9.30. The van der Waals surface area contributed by atoms with Gasteiger partial charge in [-0.15, -0.1) is 5.10 Å². The fourth-order valence-corrected chi connectivity index (χ4v) is 4.02. The molecule has 2 aromatic rings. The Bertz CT molecular complexity index is 941. The molecular weight excluding hydrogens is 436 g/mol. The maximum atomic E-state index is 12.1. The topological polar surface area (TPSA) is 105 Å². The lowest BCUT2D eigenvalue weighted by molar-refractivity contribution is -0.150. The largest absolute Gasteiger partial charge is 0.490 e. The lowest BCUT2D eigenvalue weighted by Gasteiger charge is -2.28. The van der Waals surface area contributed by atoms with Gasteiger partial charge >= 0.3 is 12.1 Å².